The Morgan fingerprint density at radius 1 is 1.00 bits per heavy atom. The monoisotopic (exact) mass is 588 g/mol. The lowest BCUT2D eigenvalue weighted by Crippen LogP contribution is -2.60. The van der Waals surface area contributed by atoms with E-state index in [0.717, 1.165) is 10.4 Å². The summed E-state index contributed by atoms with van der Waals surface area (Å²) in [5.74, 6) is -0.0674. The molecule has 0 bridgehead atoms. The highest BCUT2D eigenvalue weighted by molar-refractivity contribution is 7.17. The number of hydrogen-bond acceptors (Lipinski definition) is 10. The number of amides is 2. The number of likely N-dealkylation sites (N-methyl/N-ethyl adjacent to an activating group) is 2. The molecule has 4 N–H and O–H groups in total. The number of fused-ring (bicyclic) bond motifs is 1. The van der Waals surface area contributed by atoms with Gasteiger partial charge in [0.05, 0.1) is 6.61 Å². The number of nitrogens with zero attached hydrogens (tertiary/aromatic N) is 2. The molecule has 41 heavy (non-hydrogen) atoms. The third-order valence-corrected chi connectivity index (χ3v) is 8.15. The number of carbonyl (C=O) groups excluding carboxylic acids is 2. The minimum Gasteiger partial charge on any atom is -0.461 e. The molecule has 0 radical (unpaired) electrons. The van der Waals surface area contributed by atoms with Gasteiger partial charge in [-0.05, 0) is 35.6 Å². The van der Waals surface area contributed by atoms with Gasteiger partial charge in [-0.3, -0.25) is 9.69 Å². The quantitative estimate of drug-likeness (QED) is 0.296. The first-order valence-corrected chi connectivity index (χ1v) is 14.1. The summed E-state index contributed by atoms with van der Waals surface area (Å²) in [6, 6.07) is 13.6. The molecule has 0 aliphatic carbocycles. The zero-order valence-electron chi connectivity index (χ0n) is 23.3. The van der Waals surface area contributed by atoms with E-state index in [0.29, 0.717) is 16.7 Å². The lowest BCUT2D eigenvalue weighted by Gasteiger charge is -2.39. The standard InChI is InChI=1S/C29H36N2O9S/c1-16(2)22(27(36)30(3)18-8-6-5-7-9-18)31(4)29(37)38-15-17-10-11-20(19-12-13-41-26(17)19)39-28-25(35)24(34)23(33)21(14-32)40-28/h5-13,16,21-25,28,32-35H,14-15H2,1-4H3/t21-,22?,23+,24+,25-,28-/m1/s1. The number of carbonyl (C=O) groups is 2. The largest absolute Gasteiger partial charge is 0.461 e. The molecule has 1 unspecified atom stereocenters. The Morgan fingerprint density at radius 3 is 2.37 bits per heavy atom. The van der Waals surface area contributed by atoms with Crippen molar-refractivity contribution in [3.05, 3.63) is 59.5 Å². The molecule has 3 aromatic rings. The lowest BCUT2D eigenvalue weighted by molar-refractivity contribution is -0.277. The molecule has 12 heteroatoms. The van der Waals surface area contributed by atoms with Crippen LogP contribution in [0.15, 0.2) is 53.9 Å². The molecule has 0 spiro atoms. The number of ether oxygens (including phenoxy) is 3. The van der Waals surface area contributed by atoms with Crippen LogP contribution < -0.4 is 9.64 Å². The number of anilines is 1. The smallest absolute Gasteiger partial charge is 0.410 e. The van der Waals surface area contributed by atoms with Crippen LogP contribution in [0.25, 0.3) is 10.1 Å². The first-order valence-electron chi connectivity index (χ1n) is 13.2. The SMILES string of the molecule is CC(C)C(C(=O)N(C)c1ccccc1)N(C)C(=O)OCc1ccc(O[C@@H]2O[C@H](CO)[C@H](O)[C@H](O)[C@H]2O)c2ccsc12. The molecule has 1 fully saturated rings. The molecule has 11 nitrogen and oxygen atoms in total. The van der Waals surface area contributed by atoms with Gasteiger partial charge in [0.1, 0.15) is 42.8 Å². The van der Waals surface area contributed by atoms with Gasteiger partial charge in [-0.15, -0.1) is 11.3 Å². The summed E-state index contributed by atoms with van der Waals surface area (Å²) in [5.41, 5.74) is 1.42. The predicted octanol–water partition coefficient (Wildman–Crippen LogP) is 2.34. The van der Waals surface area contributed by atoms with Gasteiger partial charge >= 0.3 is 6.09 Å². The molecule has 1 aliphatic rings. The highest BCUT2D eigenvalue weighted by Gasteiger charge is 2.45. The molecule has 4 rings (SSSR count). The summed E-state index contributed by atoms with van der Waals surface area (Å²) in [4.78, 5) is 29.3. The van der Waals surface area contributed by atoms with Gasteiger partial charge in [0.25, 0.3) is 0 Å². The van der Waals surface area contributed by atoms with Crippen LogP contribution in [0, 0.1) is 5.92 Å². The van der Waals surface area contributed by atoms with E-state index < -0.39 is 49.4 Å². The van der Waals surface area contributed by atoms with Gasteiger partial charge in [-0.1, -0.05) is 38.1 Å². The fourth-order valence-corrected chi connectivity index (χ4v) is 5.74. The molecule has 2 aromatic carbocycles. The Labute approximate surface area is 242 Å². The summed E-state index contributed by atoms with van der Waals surface area (Å²) < 4.78 is 17.7. The fourth-order valence-electron chi connectivity index (χ4n) is 4.83. The van der Waals surface area contributed by atoms with Gasteiger partial charge in [-0.25, -0.2) is 4.79 Å². The average Bonchev–Trinajstić information content (AvgIpc) is 3.47. The van der Waals surface area contributed by atoms with Crippen LogP contribution in [-0.4, -0.2) is 94.8 Å². The Morgan fingerprint density at radius 2 is 1.71 bits per heavy atom. The maximum absolute atomic E-state index is 13.3. The first kappa shape index (κ1) is 30.7. The Hall–Kier alpha value is -3.26. The third kappa shape index (κ3) is 6.48. The zero-order valence-corrected chi connectivity index (χ0v) is 24.1. The Bertz CT molecular complexity index is 1330. The number of rotatable bonds is 9. The van der Waals surface area contributed by atoms with E-state index in [1.54, 1.807) is 32.3 Å². The summed E-state index contributed by atoms with van der Waals surface area (Å²) in [7, 11) is 3.22. The molecule has 1 aliphatic heterocycles. The van der Waals surface area contributed by atoms with Crippen molar-refractivity contribution in [2.45, 2.75) is 57.2 Å². The summed E-state index contributed by atoms with van der Waals surface area (Å²) >= 11 is 1.40. The van der Waals surface area contributed by atoms with Crippen molar-refractivity contribution < 1.29 is 44.2 Å². The molecule has 2 heterocycles. The maximum Gasteiger partial charge on any atom is 0.410 e. The Kier molecular flexibility index (Phi) is 9.84. The van der Waals surface area contributed by atoms with Crippen molar-refractivity contribution >= 4 is 39.1 Å². The van der Waals surface area contributed by atoms with E-state index in [-0.39, 0.29) is 18.4 Å². The predicted molar refractivity (Wildman–Crippen MR) is 153 cm³/mol. The number of aliphatic hydroxyl groups excluding tert-OH is 4. The molecule has 0 saturated carbocycles. The van der Waals surface area contributed by atoms with Gasteiger partial charge in [0.2, 0.25) is 12.2 Å². The molecule has 222 valence electrons. The number of benzene rings is 2. The van der Waals surface area contributed by atoms with Crippen molar-refractivity contribution in [1.29, 1.82) is 0 Å². The fraction of sp³-hybridized carbons (Fsp3) is 0.448. The Balaban J connectivity index is 1.45. The van der Waals surface area contributed by atoms with Gasteiger partial charge in [0, 0.05) is 35.4 Å². The lowest BCUT2D eigenvalue weighted by atomic mass is 9.99. The van der Waals surface area contributed by atoms with Crippen molar-refractivity contribution in [3.63, 3.8) is 0 Å². The molecule has 2 amide bonds. The van der Waals surface area contributed by atoms with Crippen LogP contribution in [0.3, 0.4) is 0 Å². The minimum absolute atomic E-state index is 0.0615. The van der Waals surface area contributed by atoms with Crippen molar-refractivity contribution in [2.75, 3.05) is 25.6 Å². The van der Waals surface area contributed by atoms with Crippen molar-refractivity contribution in [1.82, 2.24) is 4.90 Å². The summed E-state index contributed by atoms with van der Waals surface area (Å²) in [6.07, 6.45) is -7.67. The summed E-state index contributed by atoms with van der Waals surface area (Å²) in [6.45, 7) is 3.11. The van der Waals surface area contributed by atoms with Crippen LogP contribution in [0.4, 0.5) is 10.5 Å². The highest BCUT2D eigenvalue weighted by Crippen LogP contribution is 2.35. The zero-order chi connectivity index (χ0) is 29.8. The molecule has 6 atom stereocenters. The van der Waals surface area contributed by atoms with E-state index in [1.165, 1.54) is 21.1 Å². The third-order valence-electron chi connectivity index (χ3n) is 7.16. The van der Waals surface area contributed by atoms with Crippen LogP contribution in [0.2, 0.25) is 0 Å². The number of thiophene rings is 1. The van der Waals surface area contributed by atoms with E-state index in [2.05, 4.69) is 0 Å². The van der Waals surface area contributed by atoms with Crippen LogP contribution in [-0.2, 0) is 20.9 Å². The van der Waals surface area contributed by atoms with Gasteiger partial charge < -0.3 is 39.5 Å². The van der Waals surface area contributed by atoms with E-state index in [1.807, 2.05) is 49.6 Å². The normalized spacial score (nSPS) is 23.3. The van der Waals surface area contributed by atoms with Gasteiger partial charge in [0.15, 0.2) is 0 Å². The topological polar surface area (TPSA) is 149 Å². The number of aliphatic hydroxyl groups is 4. The molecule has 1 saturated heterocycles. The van der Waals surface area contributed by atoms with Gasteiger partial charge in [-0.2, -0.15) is 0 Å². The highest BCUT2D eigenvalue weighted by atomic mass is 32.1. The van der Waals surface area contributed by atoms with Crippen LogP contribution >= 0.6 is 11.3 Å². The average molecular weight is 589 g/mol. The minimum atomic E-state index is -1.56. The maximum atomic E-state index is 13.3. The molecule has 1 aromatic heterocycles. The van der Waals surface area contributed by atoms with E-state index in [4.69, 9.17) is 14.2 Å². The number of para-hydroxylation sites is 1. The second kappa shape index (κ2) is 13.1. The molecular weight excluding hydrogens is 552 g/mol. The van der Waals surface area contributed by atoms with Crippen molar-refractivity contribution in [3.8, 4) is 5.75 Å². The van der Waals surface area contributed by atoms with E-state index >= 15 is 0 Å². The van der Waals surface area contributed by atoms with Crippen LogP contribution in [0.5, 0.6) is 5.75 Å². The first-order chi connectivity index (χ1) is 19.5. The second-order valence-corrected chi connectivity index (χ2v) is 11.2. The molecular formula is C29H36N2O9S. The number of hydrogen-bond donors (Lipinski definition) is 4. The second-order valence-electron chi connectivity index (χ2n) is 10.3. The van der Waals surface area contributed by atoms with Crippen molar-refractivity contribution in [2.24, 2.45) is 5.92 Å². The van der Waals surface area contributed by atoms with E-state index in [9.17, 15) is 30.0 Å². The van der Waals surface area contributed by atoms with Crippen LogP contribution in [0.1, 0.15) is 19.4 Å². The summed E-state index contributed by atoms with van der Waals surface area (Å²) in [5, 5.41) is 42.4.